The van der Waals surface area contributed by atoms with E-state index in [2.05, 4.69) is 0 Å². The maximum atomic E-state index is 13.3. The summed E-state index contributed by atoms with van der Waals surface area (Å²) in [6.07, 6.45) is -10.1. The van der Waals surface area contributed by atoms with Gasteiger partial charge in [-0.25, -0.2) is 9.18 Å². The highest BCUT2D eigenvalue weighted by atomic mass is 32.1. The molecule has 0 saturated carbocycles. The van der Waals surface area contributed by atoms with Crippen molar-refractivity contribution in [3.05, 3.63) is 71.0 Å². The van der Waals surface area contributed by atoms with Crippen LogP contribution in [0.4, 0.5) is 4.39 Å². The van der Waals surface area contributed by atoms with Gasteiger partial charge in [-0.3, -0.25) is 4.79 Å². The lowest BCUT2D eigenvalue weighted by atomic mass is 9.99. The second-order valence-electron chi connectivity index (χ2n) is 7.02. The number of aliphatic carboxylic acids is 1. The minimum atomic E-state index is -2.44. The third-order valence-electron chi connectivity index (χ3n) is 4.66. The van der Waals surface area contributed by atoms with Crippen molar-refractivity contribution in [2.24, 2.45) is 0 Å². The van der Waals surface area contributed by atoms with E-state index in [0.29, 0.717) is 5.56 Å². The number of carboxylic acid groups (broad SMARTS) is 1. The van der Waals surface area contributed by atoms with Gasteiger partial charge < -0.3 is 36.0 Å². The van der Waals surface area contributed by atoms with Crippen LogP contribution in [0, 0.1) is 5.82 Å². The molecule has 33 heavy (non-hydrogen) atoms. The smallest absolute Gasteiger partial charge is 0.335 e. The van der Waals surface area contributed by atoms with Crippen molar-refractivity contribution >= 4 is 41.1 Å². The molecular formula is C22H22FNO8S. The van der Waals surface area contributed by atoms with Gasteiger partial charge >= 0.3 is 5.97 Å². The summed E-state index contributed by atoms with van der Waals surface area (Å²) >= 11 is 4.84. The van der Waals surface area contributed by atoms with Gasteiger partial charge in [0.05, 0.1) is 0 Å². The average molecular weight is 479 g/mol. The van der Waals surface area contributed by atoms with Gasteiger partial charge in [-0.05, 0) is 34.9 Å². The van der Waals surface area contributed by atoms with E-state index in [1.165, 1.54) is 23.6 Å². The van der Waals surface area contributed by atoms with Crippen LogP contribution in [0.5, 0.6) is 0 Å². The molecule has 2 aromatic rings. The predicted octanol–water partition coefficient (Wildman–Crippen LogP) is -0.323. The Morgan fingerprint density at radius 3 is 1.91 bits per heavy atom. The number of aliphatic hydroxyl groups is 5. The molecule has 5 unspecified atom stereocenters. The van der Waals surface area contributed by atoms with Crippen LogP contribution in [0.15, 0.2) is 48.5 Å². The molecule has 0 aliphatic carbocycles. The van der Waals surface area contributed by atoms with E-state index in [4.69, 9.17) is 17.3 Å². The van der Waals surface area contributed by atoms with Gasteiger partial charge in [-0.2, -0.15) is 0 Å². The van der Waals surface area contributed by atoms with Gasteiger partial charge in [0.2, 0.25) is 0 Å². The third-order valence-corrected chi connectivity index (χ3v) is 4.93. The van der Waals surface area contributed by atoms with Crippen LogP contribution < -0.4 is 5.32 Å². The zero-order valence-corrected chi connectivity index (χ0v) is 17.8. The number of carboxylic acids is 1. The highest BCUT2D eigenvalue weighted by molar-refractivity contribution is 7.79. The zero-order valence-electron chi connectivity index (χ0n) is 16.9. The Morgan fingerprint density at radius 1 is 0.848 bits per heavy atom. The van der Waals surface area contributed by atoms with Crippen LogP contribution >= 0.6 is 12.2 Å². The molecule has 176 valence electrons. The maximum Gasteiger partial charge on any atom is 0.335 e. The van der Waals surface area contributed by atoms with Crippen LogP contribution in [0.2, 0.25) is 0 Å². The van der Waals surface area contributed by atoms with E-state index in [1.807, 2.05) is 5.32 Å². The second kappa shape index (κ2) is 11.7. The molecule has 0 aromatic heterocycles. The Bertz CT molecular complexity index is 1010. The molecule has 0 heterocycles. The molecule has 9 nitrogen and oxygen atoms in total. The summed E-state index contributed by atoms with van der Waals surface area (Å²) in [6.45, 7) is 0. The fourth-order valence-electron chi connectivity index (χ4n) is 2.77. The lowest BCUT2D eigenvalue weighted by molar-refractivity contribution is -0.170. The second-order valence-corrected chi connectivity index (χ2v) is 7.26. The van der Waals surface area contributed by atoms with Gasteiger partial charge in [-0.1, -0.05) is 48.6 Å². The van der Waals surface area contributed by atoms with Gasteiger partial charge in [0, 0.05) is 10.9 Å². The quantitative estimate of drug-likeness (QED) is 0.105. The Hall–Kier alpha value is -3.06. The van der Waals surface area contributed by atoms with E-state index < -0.39 is 48.3 Å². The van der Waals surface area contributed by atoms with Crippen molar-refractivity contribution in [1.29, 1.82) is 0 Å². The molecule has 0 saturated heterocycles. The molecular weight excluding hydrogens is 457 g/mol. The number of halogens is 1. The lowest BCUT2D eigenvalue weighted by Gasteiger charge is -2.28. The van der Waals surface area contributed by atoms with Crippen LogP contribution in [-0.4, -0.2) is 78.5 Å². The number of thiocarbonyl (C=S) groups is 1. The van der Waals surface area contributed by atoms with E-state index in [1.54, 1.807) is 24.3 Å². The van der Waals surface area contributed by atoms with Crippen molar-refractivity contribution in [2.45, 2.75) is 30.6 Å². The van der Waals surface area contributed by atoms with Gasteiger partial charge in [0.1, 0.15) is 24.1 Å². The minimum absolute atomic E-state index is 0.0445. The number of carbonyl (C=O) groups is 2. The normalized spacial score (nSPS) is 16.2. The third kappa shape index (κ3) is 6.96. The summed E-state index contributed by atoms with van der Waals surface area (Å²) in [4.78, 5) is 23.6. The first-order valence-corrected chi connectivity index (χ1v) is 9.99. The van der Waals surface area contributed by atoms with Crippen molar-refractivity contribution in [2.75, 3.05) is 0 Å². The Kier molecular flexibility index (Phi) is 9.29. The highest BCUT2D eigenvalue weighted by Crippen LogP contribution is 2.20. The van der Waals surface area contributed by atoms with Crippen LogP contribution in [0.1, 0.15) is 16.7 Å². The van der Waals surface area contributed by atoms with Crippen LogP contribution in [0.3, 0.4) is 0 Å². The average Bonchev–Trinajstić information content (AvgIpc) is 2.81. The molecule has 1 amide bonds. The minimum Gasteiger partial charge on any atom is -0.479 e. The topological polar surface area (TPSA) is 168 Å². The largest absolute Gasteiger partial charge is 0.479 e. The number of hydrogen-bond donors (Lipinski definition) is 7. The van der Waals surface area contributed by atoms with E-state index in [0.717, 1.165) is 17.7 Å². The van der Waals surface area contributed by atoms with Crippen molar-refractivity contribution in [3.63, 3.8) is 0 Å². The van der Waals surface area contributed by atoms with E-state index in [-0.39, 0.29) is 11.1 Å². The number of aliphatic hydroxyl groups excluding tert-OH is 5. The first-order valence-electron chi connectivity index (χ1n) is 9.52. The Morgan fingerprint density at radius 2 is 1.39 bits per heavy atom. The molecule has 11 heteroatoms. The van der Waals surface area contributed by atoms with Crippen molar-refractivity contribution < 1.29 is 44.6 Å². The summed E-state index contributed by atoms with van der Waals surface area (Å²) in [7, 11) is 0. The van der Waals surface area contributed by atoms with Crippen LogP contribution in [0.25, 0.3) is 11.6 Å². The predicted molar refractivity (Wildman–Crippen MR) is 119 cm³/mol. The molecule has 0 bridgehead atoms. The van der Waals surface area contributed by atoms with Gasteiger partial charge in [0.15, 0.2) is 12.3 Å². The highest BCUT2D eigenvalue weighted by Gasteiger charge is 2.38. The summed E-state index contributed by atoms with van der Waals surface area (Å²) in [6, 6.07) is 11.6. The molecule has 2 aromatic carbocycles. The maximum absolute atomic E-state index is 13.3. The first-order chi connectivity index (χ1) is 15.5. The molecule has 0 aliphatic heterocycles. The van der Waals surface area contributed by atoms with Crippen molar-refractivity contribution in [3.8, 4) is 0 Å². The van der Waals surface area contributed by atoms with Crippen molar-refractivity contribution in [1.82, 2.24) is 5.32 Å². The number of amides is 1. The number of nitrogens with one attached hydrogen (secondary N) is 1. The SMILES string of the molecule is O=C(NC(O)C(O)C(O)C(O)C(O)C(=O)O)/C(=C\c1ccc(C=S)cc1)c1ccc(F)cc1. The van der Waals surface area contributed by atoms with Gasteiger partial charge in [-0.15, -0.1) is 0 Å². The molecule has 7 N–H and O–H groups in total. The number of rotatable bonds is 10. The monoisotopic (exact) mass is 479 g/mol. The first kappa shape index (κ1) is 26.2. The molecule has 0 aliphatic rings. The molecule has 0 spiro atoms. The van der Waals surface area contributed by atoms with E-state index in [9.17, 15) is 39.5 Å². The molecule has 5 atom stereocenters. The zero-order chi connectivity index (χ0) is 24.7. The molecule has 0 radical (unpaired) electrons. The fraction of sp³-hybridized carbons (Fsp3) is 0.227. The number of benzene rings is 2. The number of carbonyl (C=O) groups excluding carboxylic acids is 1. The fourth-order valence-corrected chi connectivity index (χ4v) is 2.92. The van der Waals surface area contributed by atoms with E-state index >= 15 is 0 Å². The summed E-state index contributed by atoms with van der Waals surface area (Å²) in [5.74, 6) is -3.35. The summed E-state index contributed by atoms with van der Waals surface area (Å²) in [5, 5.41) is 61.1. The summed E-state index contributed by atoms with van der Waals surface area (Å²) in [5.41, 5.74) is 1.53. The standard InChI is InChI=1S/C22H22FNO8S/c23-14-7-5-13(6-8-14)15(9-11-1-3-12(10-33)4-2-11)20(29)24-21(30)18(27)16(25)17(26)19(28)22(31)32/h1-10,16-19,21,25-28,30H,(H,24,29)(H,31,32)/b15-9-. The van der Waals surface area contributed by atoms with Gasteiger partial charge in [0.25, 0.3) is 5.91 Å². The summed E-state index contributed by atoms with van der Waals surface area (Å²) < 4.78 is 13.3. The number of hydrogen-bond acceptors (Lipinski definition) is 8. The lowest BCUT2D eigenvalue weighted by Crippen LogP contribution is -2.55. The Labute approximate surface area is 193 Å². The Balaban J connectivity index is 2.28. The van der Waals surface area contributed by atoms with Crippen LogP contribution in [-0.2, 0) is 9.59 Å². The molecule has 2 rings (SSSR count). The molecule has 0 fully saturated rings.